The van der Waals surface area contributed by atoms with E-state index in [0.29, 0.717) is 39.3 Å². The van der Waals surface area contributed by atoms with Gasteiger partial charge in [0.1, 0.15) is 12.2 Å². The molecular weight excluding hydrogens is 616 g/mol. The maximum atomic E-state index is 13.2. The molecule has 0 radical (unpaired) electrons. The predicted octanol–water partition coefficient (Wildman–Crippen LogP) is 8.05. The summed E-state index contributed by atoms with van der Waals surface area (Å²) < 4.78 is 38.7. The summed E-state index contributed by atoms with van der Waals surface area (Å²) in [6, 6.07) is 24.0. The molecule has 0 fully saturated rings. The highest BCUT2D eigenvalue weighted by Gasteiger charge is 2.21. The van der Waals surface area contributed by atoms with E-state index in [9.17, 15) is 23.2 Å². The molecule has 5 rings (SSSR count). The fourth-order valence-corrected chi connectivity index (χ4v) is 5.19. The fourth-order valence-electron chi connectivity index (χ4n) is 4.43. The number of nitrogens with zero attached hydrogens (tertiary/aromatic N) is 2. The highest BCUT2D eigenvalue weighted by molar-refractivity contribution is 7.14. The molecular formula is C33H31F2N5O5S. The number of hydrogen-bond acceptors (Lipinski definition) is 7. The van der Waals surface area contributed by atoms with E-state index in [2.05, 4.69) is 20.9 Å². The minimum atomic E-state index is -2.70. The number of carbonyl (C=O) groups excluding carboxylic acids is 3. The first-order chi connectivity index (χ1) is 21.9. The summed E-state index contributed by atoms with van der Waals surface area (Å²) in [5, 5.41) is 8.16. The molecule has 3 N–H and O–H groups in total. The van der Waals surface area contributed by atoms with Crippen LogP contribution >= 0.6 is 11.3 Å². The van der Waals surface area contributed by atoms with Crippen LogP contribution in [0, 0.1) is 0 Å². The van der Waals surface area contributed by atoms with E-state index in [1.54, 1.807) is 67.8 Å². The van der Waals surface area contributed by atoms with Gasteiger partial charge in [0.25, 0.3) is 12.3 Å². The van der Waals surface area contributed by atoms with Crippen molar-refractivity contribution in [3.63, 3.8) is 0 Å². The van der Waals surface area contributed by atoms with Gasteiger partial charge in [-0.2, -0.15) is 0 Å². The Hall–Kier alpha value is -5.30. The second-order valence-corrected chi connectivity index (χ2v) is 12.3. The van der Waals surface area contributed by atoms with Crippen LogP contribution in [0.3, 0.4) is 0 Å². The average Bonchev–Trinajstić information content (AvgIpc) is 3.64. The first kappa shape index (κ1) is 32.1. The molecule has 13 heteroatoms. The van der Waals surface area contributed by atoms with Crippen molar-refractivity contribution < 1.29 is 32.6 Å². The van der Waals surface area contributed by atoms with E-state index in [4.69, 9.17) is 9.47 Å². The maximum absolute atomic E-state index is 13.2. The van der Waals surface area contributed by atoms with Crippen LogP contribution in [0.5, 0.6) is 0 Å². The van der Waals surface area contributed by atoms with Gasteiger partial charge in [0.2, 0.25) is 5.95 Å². The highest BCUT2D eigenvalue weighted by Crippen LogP contribution is 2.30. The number of nitrogens with one attached hydrogen (secondary N) is 3. The van der Waals surface area contributed by atoms with Crippen LogP contribution in [-0.4, -0.2) is 33.2 Å². The van der Waals surface area contributed by atoms with Gasteiger partial charge in [0.15, 0.2) is 0 Å². The molecule has 2 aromatic heterocycles. The van der Waals surface area contributed by atoms with Crippen molar-refractivity contribution in [2.75, 3.05) is 10.6 Å². The Morgan fingerprint density at radius 3 is 2.39 bits per heavy atom. The molecule has 0 bridgehead atoms. The molecule has 46 heavy (non-hydrogen) atoms. The van der Waals surface area contributed by atoms with Crippen LogP contribution in [0.2, 0.25) is 0 Å². The van der Waals surface area contributed by atoms with E-state index in [1.165, 1.54) is 12.1 Å². The van der Waals surface area contributed by atoms with E-state index in [0.717, 1.165) is 5.56 Å². The quantitative estimate of drug-likeness (QED) is 0.149. The Morgan fingerprint density at radius 1 is 0.891 bits per heavy atom. The maximum Gasteiger partial charge on any atom is 0.412 e. The number of alkyl halides is 2. The first-order valence-electron chi connectivity index (χ1n) is 14.2. The molecule has 5 aromatic rings. The molecule has 238 valence electrons. The minimum absolute atomic E-state index is 0.0909. The highest BCUT2D eigenvalue weighted by atomic mass is 32.1. The summed E-state index contributed by atoms with van der Waals surface area (Å²) in [5.41, 5.74) is 2.93. The van der Waals surface area contributed by atoms with Crippen LogP contribution in [0.1, 0.15) is 52.9 Å². The van der Waals surface area contributed by atoms with Crippen LogP contribution in [-0.2, 0) is 22.6 Å². The zero-order valence-electron chi connectivity index (χ0n) is 25.2. The number of amides is 3. The third-order valence-corrected chi connectivity index (χ3v) is 7.50. The number of halogens is 2. The van der Waals surface area contributed by atoms with E-state index in [1.807, 2.05) is 30.3 Å². The monoisotopic (exact) mass is 647 g/mol. The molecule has 3 amide bonds. The van der Waals surface area contributed by atoms with Gasteiger partial charge in [-0.05, 0) is 74.4 Å². The summed E-state index contributed by atoms with van der Waals surface area (Å²) in [4.78, 5) is 42.3. The lowest BCUT2D eigenvalue weighted by molar-refractivity contribution is 0.0635. The van der Waals surface area contributed by atoms with Crippen molar-refractivity contribution in [3.8, 4) is 5.69 Å². The van der Waals surface area contributed by atoms with Crippen molar-refractivity contribution >= 4 is 52.1 Å². The van der Waals surface area contributed by atoms with Crippen molar-refractivity contribution in [1.82, 2.24) is 14.9 Å². The van der Waals surface area contributed by atoms with E-state index >= 15 is 0 Å². The van der Waals surface area contributed by atoms with Crippen molar-refractivity contribution in [2.45, 2.75) is 45.9 Å². The number of imidazole rings is 1. The number of rotatable bonds is 9. The van der Waals surface area contributed by atoms with E-state index < -0.39 is 30.1 Å². The van der Waals surface area contributed by atoms with Gasteiger partial charge < -0.3 is 14.8 Å². The lowest BCUT2D eigenvalue weighted by atomic mass is 10.2. The number of carbonyl (C=O) groups is 3. The second-order valence-electron chi connectivity index (χ2n) is 11.1. The normalized spacial score (nSPS) is 11.3. The van der Waals surface area contributed by atoms with E-state index in [-0.39, 0.29) is 28.9 Å². The van der Waals surface area contributed by atoms with Gasteiger partial charge in [0.05, 0.1) is 26.5 Å². The van der Waals surface area contributed by atoms with Crippen molar-refractivity contribution in [2.24, 2.45) is 0 Å². The molecule has 2 heterocycles. The summed E-state index contributed by atoms with van der Waals surface area (Å²) in [5.74, 6) is -0.492. The Kier molecular flexibility index (Phi) is 9.61. The zero-order chi connectivity index (χ0) is 32.8. The number of thiophene rings is 1. The van der Waals surface area contributed by atoms with Crippen LogP contribution in [0.15, 0.2) is 84.9 Å². The number of aromatic nitrogens is 2. The van der Waals surface area contributed by atoms with Gasteiger partial charge in [0, 0.05) is 12.2 Å². The van der Waals surface area contributed by atoms with Gasteiger partial charge in [-0.15, -0.1) is 11.3 Å². The number of hydrogen-bond donors (Lipinski definition) is 3. The molecule has 0 spiro atoms. The van der Waals surface area contributed by atoms with Crippen LogP contribution in [0.25, 0.3) is 16.7 Å². The molecule has 10 nitrogen and oxygen atoms in total. The summed E-state index contributed by atoms with van der Waals surface area (Å²) in [6.45, 7) is 5.55. The Bertz CT molecular complexity index is 1870. The summed E-state index contributed by atoms with van der Waals surface area (Å²) in [6.07, 6.45) is -3.92. The first-order valence-corrected chi connectivity index (χ1v) is 15.0. The minimum Gasteiger partial charge on any atom is -0.445 e. The summed E-state index contributed by atoms with van der Waals surface area (Å²) >= 11 is 0.692. The number of benzene rings is 3. The lowest BCUT2D eigenvalue weighted by Crippen LogP contribution is -2.27. The molecule has 0 aliphatic carbocycles. The fraction of sp³-hybridized carbons (Fsp3) is 0.212. The number of anilines is 2. The number of fused-ring (bicyclic) bond motifs is 1. The molecule has 0 atom stereocenters. The van der Waals surface area contributed by atoms with Gasteiger partial charge in [-0.1, -0.05) is 42.5 Å². The van der Waals surface area contributed by atoms with Gasteiger partial charge in [-0.3, -0.25) is 20.0 Å². The second kappa shape index (κ2) is 13.8. The third-order valence-electron chi connectivity index (χ3n) is 6.41. The lowest BCUT2D eigenvalue weighted by Gasteiger charge is -2.20. The average molecular weight is 648 g/mol. The SMILES string of the molecule is CC(C)(C)OC(=O)Nc1cccc(-n2c(NC(=O)c3ccc(C(F)F)s3)nc3cc(CNC(=O)OCc4ccccc4)ccc32)c1. The smallest absolute Gasteiger partial charge is 0.412 e. The molecule has 3 aromatic carbocycles. The number of ether oxygens (including phenoxy) is 2. The standard InChI is InChI=1S/C33H31F2N5O5S/c1-33(2,3)45-32(43)37-22-10-7-11-23(17-22)40-25-13-12-21(18-36-31(42)44-19-20-8-5-4-6-9-20)16-24(25)38-30(40)39-29(41)27-15-14-26(46-27)28(34)35/h4-17,28H,18-19H2,1-3H3,(H,36,42)(H,37,43)(H,38,39,41). The largest absolute Gasteiger partial charge is 0.445 e. The molecule has 0 aliphatic heterocycles. The Balaban J connectivity index is 1.41. The third kappa shape index (κ3) is 8.24. The Morgan fingerprint density at radius 2 is 1.67 bits per heavy atom. The van der Waals surface area contributed by atoms with Crippen molar-refractivity contribution in [3.05, 3.63) is 106 Å². The van der Waals surface area contributed by atoms with Crippen LogP contribution < -0.4 is 16.0 Å². The number of alkyl carbamates (subject to hydrolysis) is 1. The Labute approximate surface area is 267 Å². The van der Waals surface area contributed by atoms with Gasteiger partial charge in [-0.25, -0.2) is 23.4 Å². The molecule has 0 unspecified atom stereocenters. The van der Waals surface area contributed by atoms with Crippen LogP contribution in [0.4, 0.5) is 30.0 Å². The predicted molar refractivity (Wildman–Crippen MR) is 172 cm³/mol. The summed E-state index contributed by atoms with van der Waals surface area (Å²) in [7, 11) is 0. The topological polar surface area (TPSA) is 124 Å². The molecule has 0 saturated carbocycles. The van der Waals surface area contributed by atoms with Gasteiger partial charge >= 0.3 is 12.2 Å². The van der Waals surface area contributed by atoms with Crippen molar-refractivity contribution in [1.29, 1.82) is 0 Å². The zero-order valence-corrected chi connectivity index (χ0v) is 26.0. The molecule has 0 aliphatic rings. The molecule has 0 saturated heterocycles.